The number of sulfonamides is 1. The zero-order valence-electron chi connectivity index (χ0n) is 16.9. The first-order chi connectivity index (χ1) is 14.0. The Bertz CT molecular complexity index is 1130. The number of amides is 2. The number of carbonyl (C=O) groups excluding carboxylic acids is 2. The molecule has 2 aromatic carbocycles. The van der Waals surface area contributed by atoms with Crippen LogP contribution in [-0.2, 0) is 19.6 Å². The number of benzene rings is 2. The molecule has 10 heteroatoms. The molecule has 1 atom stereocenters. The summed E-state index contributed by atoms with van der Waals surface area (Å²) >= 11 is 0. The highest BCUT2D eigenvalue weighted by Crippen LogP contribution is 2.35. The number of fused-ring (bicyclic) bond motifs is 1. The molecule has 1 aliphatic heterocycles. The molecule has 2 N–H and O–H groups in total. The zero-order valence-corrected chi connectivity index (χ0v) is 17.8. The van der Waals surface area contributed by atoms with E-state index in [1.54, 1.807) is 20.8 Å². The van der Waals surface area contributed by atoms with E-state index in [0.29, 0.717) is 22.5 Å². The summed E-state index contributed by atoms with van der Waals surface area (Å²) in [5, 5.41) is 5.25. The van der Waals surface area contributed by atoms with Gasteiger partial charge in [0.2, 0.25) is 15.9 Å². The highest BCUT2D eigenvalue weighted by Gasteiger charge is 2.30. The van der Waals surface area contributed by atoms with E-state index in [9.17, 15) is 22.4 Å². The Kier molecular flexibility index (Phi) is 5.82. The predicted octanol–water partition coefficient (Wildman–Crippen LogP) is 2.42. The quantitative estimate of drug-likeness (QED) is 0.751. The fraction of sp³-hybridized carbons (Fsp3) is 0.300. The van der Waals surface area contributed by atoms with Crippen LogP contribution < -0.4 is 15.4 Å². The van der Waals surface area contributed by atoms with Crippen LogP contribution in [0.2, 0.25) is 0 Å². The highest BCUT2D eigenvalue weighted by molar-refractivity contribution is 7.89. The minimum atomic E-state index is -4.02. The predicted molar refractivity (Wildman–Crippen MR) is 109 cm³/mol. The molecular formula is C20H22FN3O5S. The number of aryl methyl sites for hydroxylation is 2. The van der Waals surface area contributed by atoms with E-state index in [-0.39, 0.29) is 16.6 Å². The van der Waals surface area contributed by atoms with Crippen molar-refractivity contribution in [3.8, 4) is 5.75 Å². The zero-order chi connectivity index (χ0) is 22.2. The van der Waals surface area contributed by atoms with Crippen LogP contribution in [0.1, 0.15) is 18.1 Å². The number of ether oxygens (including phenoxy) is 1. The molecule has 0 saturated carbocycles. The van der Waals surface area contributed by atoms with Crippen LogP contribution in [0.25, 0.3) is 0 Å². The van der Waals surface area contributed by atoms with Crippen LogP contribution >= 0.6 is 0 Å². The molecule has 0 spiro atoms. The van der Waals surface area contributed by atoms with Crippen molar-refractivity contribution in [3.05, 3.63) is 47.3 Å². The fourth-order valence-electron chi connectivity index (χ4n) is 3.03. The molecule has 0 unspecified atom stereocenters. The molecule has 0 radical (unpaired) electrons. The van der Waals surface area contributed by atoms with Gasteiger partial charge in [0.1, 0.15) is 11.6 Å². The number of hydrogen-bond acceptors (Lipinski definition) is 5. The van der Waals surface area contributed by atoms with Gasteiger partial charge in [0.25, 0.3) is 5.91 Å². The lowest BCUT2D eigenvalue weighted by Gasteiger charge is -2.25. The molecule has 2 aromatic rings. The molecule has 1 aliphatic rings. The average molecular weight is 435 g/mol. The molecule has 8 nitrogen and oxygen atoms in total. The standard InChI is InChI=1S/C20H22FN3O5S/c1-11-7-14(21)5-6-15(11)22-19(25)10-24(4)30(27,28)18-9-17-16(8-12(18)2)23-20(26)13(3)29-17/h5-9,13H,10H2,1-4H3,(H,22,25)(H,23,26)/t13-/m0/s1. The number of rotatable bonds is 5. The molecule has 1 heterocycles. The van der Waals surface area contributed by atoms with Crippen molar-refractivity contribution in [2.45, 2.75) is 31.8 Å². The minimum Gasteiger partial charge on any atom is -0.479 e. The van der Waals surface area contributed by atoms with Crippen LogP contribution in [-0.4, -0.2) is 44.2 Å². The summed E-state index contributed by atoms with van der Waals surface area (Å²) in [5.41, 5.74) is 1.71. The van der Waals surface area contributed by atoms with Crippen molar-refractivity contribution in [3.63, 3.8) is 0 Å². The van der Waals surface area contributed by atoms with E-state index < -0.39 is 34.4 Å². The maximum Gasteiger partial charge on any atom is 0.265 e. The monoisotopic (exact) mass is 435 g/mol. The van der Waals surface area contributed by atoms with Crippen molar-refractivity contribution in [1.29, 1.82) is 0 Å². The molecule has 0 aromatic heterocycles. The first-order valence-corrected chi connectivity index (χ1v) is 10.6. The molecule has 0 saturated heterocycles. The number of anilines is 2. The largest absolute Gasteiger partial charge is 0.479 e. The number of halogens is 1. The summed E-state index contributed by atoms with van der Waals surface area (Å²) in [4.78, 5) is 24.1. The SMILES string of the molecule is Cc1cc(F)ccc1NC(=O)CN(C)S(=O)(=O)c1cc2c(cc1C)NC(=O)[C@H](C)O2. The lowest BCUT2D eigenvalue weighted by atomic mass is 10.1. The Balaban J connectivity index is 1.80. The van der Waals surface area contributed by atoms with Gasteiger partial charge in [-0.15, -0.1) is 0 Å². The number of hydrogen-bond donors (Lipinski definition) is 2. The summed E-state index contributed by atoms with van der Waals surface area (Å²) in [6.07, 6.45) is -0.752. The summed E-state index contributed by atoms with van der Waals surface area (Å²) in [5.74, 6) is -1.07. The van der Waals surface area contributed by atoms with Gasteiger partial charge in [0.15, 0.2) is 6.10 Å². The molecule has 0 aliphatic carbocycles. The summed E-state index contributed by atoms with van der Waals surface area (Å²) in [6, 6.07) is 6.75. The molecule has 2 amide bonds. The van der Waals surface area contributed by atoms with Gasteiger partial charge >= 0.3 is 0 Å². The molecular weight excluding hydrogens is 413 g/mol. The third-order valence-electron chi connectivity index (χ3n) is 4.73. The summed E-state index contributed by atoms with van der Waals surface area (Å²) in [7, 11) is -2.73. The van der Waals surface area contributed by atoms with Gasteiger partial charge in [0, 0.05) is 18.8 Å². The van der Waals surface area contributed by atoms with Gasteiger partial charge in [0.05, 0.1) is 17.1 Å². The second-order valence-electron chi connectivity index (χ2n) is 7.13. The normalized spacial score (nSPS) is 15.9. The number of nitrogens with zero attached hydrogens (tertiary/aromatic N) is 1. The lowest BCUT2D eigenvalue weighted by molar-refractivity contribution is -0.122. The first kappa shape index (κ1) is 21.7. The van der Waals surface area contributed by atoms with Crippen LogP contribution in [0.15, 0.2) is 35.2 Å². The smallest absolute Gasteiger partial charge is 0.265 e. The third-order valence-corrected chi connectivity index (χ3v) is 6.67. The molecule has 0 fully saturated rings. The topological polar surface area (TPSA) is 105 Å². The lowest BCUT2D eigenvalue weighted by Crippen LogP contribution is -2.36. The van der Waals surface area contributed by atoms with Crippen molar-refractivity contribution in [2.24, 2.45) is 0 Å². The van der Waals surface area contributed by atoms with E-state index in [2.05, 4.69) is 10.6 Å². The number of nitrogens with one attached hydrogen (secondary N) is 2. The molecule has 160 valence electrons. The molecule has 3 rings (SSSR count). The summed E-state index contributed by atoms with van der Waals surface area (Å²) < 4.78 is 45.7. The van der Waals surface area contributed by atoms with Gasteiger partial charge in [-0.25, -0.2) is 12.8 Å². The van der Waals surface area contributed by atoms with E-state index in [1.165, 1.54) is 37.4 Å². The Morgan fingerprint density at radius 1 is 1.23 bits per heavy atom. The van der Waals surface area contributed by atoms with Crippen LogP contribution in [0.4, 0.5) is 15.8 Å². The minimum absolute atomic E-state index is 0.0298. The van der Waals surface area contributed by atoms with E-state index in [1.807, 2.05) is 0 Å². The number of carbonyl (C=O) groups is 2. The van der Waals surface area contributed by atoms with Crippen molar-refractivity contribution < 1.29 is 27.1 Å². The van der Waals surface area contributed by atoms with Crippen LogP contribution in [0, 0.1) is 19.7 Å². The Morgan fingerprint density at radius 3 is 2.60 bits per heavy atom. The van der Waals surface area contributed by atoms with Crippen LogP contribution in [0.3, 0.4) is 0 Å². The average Bonchev–Trinajstić information content (AvgIpc) is 2.64. The fourth-order valence-corrected chi connectivity index (χ4v) is 4.38. The highest BCUT2D eigenvalue weighted by atomic mass is 32.2. The van der Waals surface area contributed by atoms with Gasteiger partial charge < -0.3 is 15.4 Å². The van der Waals surface area contributed by atoms with Gasteiger partial charge in [-0.3, -0.25) is 9.59 Å². The Labute approximate surface area is 174 Å². The second-order valence-corrected chi connectivity index (χ2v) is 9.15. The van der Waals surface area contributed by atoms with Crippen LogP contribution in [0.5, 0.6) is 5.75 Å². The van der Waals surface area contributed by atoms with Crippen molar-refractivity contribution in [1.82, 2.24) is 4.31 Å². The van der Waals surface area contributed by atoms with E-state index in [4.69, 9.17) is 4.74 Å². The third kappa shape index (κ3) is 4.29. The maximum atomic E-state index is 13.2. The Morgan fingerprint density at radius 2 is 1.93 bits per heavy atom. The molecule has 30 heavy (non-hydrogen) atoms. The number of likely N-dealkylation sites (N-methyl/N-ethyl adjacent to an activating group) is 1. The van der Waals surface area contributed by atoms with Gasteiger partial charge in [-0.1, -0.05) is 0 Å². The van der Waals surface area contributed by atoms with E-state index in [0.717, 1.165) is 4.31 Å². The Hall–Kier alpha value is -2.98. The second kappa shape index (κ2) is 8.04. The van der Waals surface area contributed by atoms with Gasteiger partial charge in [-0.2, -0.15) is 4.31 Å². The molecule has 0 bridgehead atoms. The maximum absolute atomic E-state index is 13.2. The summed E-state index contributed by atoms with van der Waals surface area (Å²) in [6.45, 7) is 4.34. The van der Waals surface area contributed by atoms with E-state index >= 15 is 0 Å². The van der Waals surface area contributed by atoms with Gasteiger partial charge in [-0.05, 0) is 56.2 Å². The first-order valence-electron chi connectivity index (χ1n) is 9.13. The van der Waals surface area contributed by atoms with Crippen molar-refractivity contribution >= 4 is 33.2 Å². The van der Waals surface area contributed by atoms with Crippen molar-refractivity contribution in [2.75, 3.05) is 24.2 Å².